The Morgan fingerprint density at radius 3 is 2.21 bits per heavy atom. The van der Waals surface area contributed by atoms with Crippen LogP contribution in [0.2, 0.25) is 0 Å². The first kappa shape index (κ1) is 14.1. The highest BCUT2D eigenvalue weighted by Crippen LogP contribution is 2.46. The van der Waals surface area contributed by atoms with Crippen LogP contribution in [0.1, 0.15) is 35.1 Å². The van der Waals surface area contributed by atoms with E-state index in [0.29, 0.717) is 13.1 Å². The van der Waals surface area contributed by atoms with Crippen molar-refractivity contribution in [2.24, 2.45) is 11.1 Å². The van der Waals surface area contributed by atoms with Crippen LogP contribution in [-0.2, 0) is 11.3 Å². The third-order valence-corrected chi connectivity index (χ3v) is 4.28. The molecule has 1 amide bonds. The average Bonchev–Trinajstić information content (AvgIpc) is 3.13. The molecule has 104 valence electrons. The van der Waals surface area contributed by atoms with Gasteiger partial charge in [0.05, 0.1) is 5.41 Å². The van der Waals surface area contributed by atoms with E-state index in [-0.39, 0.29) is 11.3 Å². The maximum atomic E-state index is 12.4. The molecule has 1 aromatic carbocycles. The summed E-state index contributed by atoms with van der Waals surface area (Å²) in [6, 6.07) is 4.35. The Balaban J connectivity index is 2.15. The van der Waals surface area contributed by atoms with Crippen LogP contribution in [0.5, 0.6) is 0 Å². The zero-order valence-corrected chi connectivity index (χ0v) is 12.4. The topological polar surface area (TPSA) is 46.3 Å². The Bertz CT molecular complexity index is 480. The van der Waals surface area contributed by atoms with Crippen molar-refractivity contribution in [2.45, 2.75) is 40.2 Å². The Kier molecular flexibility index (Phi) is 3.68. The van der Waals surface area contributed by atoms with Crippen molar-refractivity contribution in [2.75, 3.05) is 13.6 Å². The Labute approximate surface area is 115 Å². The molecular weight excluding hydrogens is 236 g/mol. The van der Waals surface area contributed by atoms with E-state index in [9.17, 15) is 4.79 Å². The van der Waals surface area contributed by atoms with Gasteiger partial charge in [0, 0.05) is 20.1 Å². The molecule has 1 fully saturated rings. The van der Waals surface area contributed by atoms with Crippen LogP contribution < -0.4 is 5.73 Å². The Hall–Kier alpha value is -1.35. The molecule has 0 aromatic heterocycles. The molecule has 0 spiro atoms. The number of carbonyl (C=O) groups is 1. The van der Waals surface area contributed by atoms with Crippen LogP contribution in [-0.4, -0.2) is 24.4 Å². The molecule has 0 heterocycles. The summed E-state index contributed by atoms with van der Waals surface area (Å²) in [5.41, 5.74) is 10.5. The van der Waals surface area contributed by atoms with Crippen LogP contribution in [0.25, 0.3) is 0 Å². The summed E-state index contributed by atoms with van der Waals surface area (Å²) >= 11 is 0. The van der Waals surface area contributed by atoms with Crippen molar-refractivity contribution >= 4 is 5.91 Å². The molecule has 0 unspecified atom stereocenters. The lowest BCUT2D eigenvalue weighted by atomic mass is 9.98. The van der Waals surface area contributed by atoms with Gasteiger partial charge in [0.1, 0.15) is 0 Å². The van der Waals surface area contributed by atoms with Crippen molar-refractivity contribution < 1.29 is 4.79 Å². The number of nitrogens with zero attached hydrogens (tertiary/aromatic N) is 1. The third kappa shape index (κ3) is 2.66. The van der Waals surface area contributed by atoms with Gasteiger partial charge in [0.2, 0.25) is 5.91 Å². The van der Waals surface area contributed by atoms with Crippen molar-refractivity contribution in [1.29, 1.82) is 0 Å². The zero-order chi connectivity index (χ0) is 14.2. The van der Waals surface area contributed by atoms with Crippen LogP contribution in [0.15, 0.2) is 12.1 Å². The van der Waals surface area contributed by atoms with E-state index >= 15 is 0 Å². The predicted octanol–water partition coefficient (Wildman–Crippen LogP) is 2.31. The summed E-state index contributed by atoms with van der Waals surface area (Å²) in [6.07, 6.45) is 1.89. The number of amides is 1. The van der Waals surface area contributed by atoms with Gasteiger partial charge in [0.25, 0.3) is 0 Å². The lowest BCUT2D eigenvalue weighted by Crippen LogP contribution is -2.38. The number of aryl methyl sites for hydroxylation is 3. The maximum Gasteiger partial charge on any atom is 0.230 e. The van der Waals surface area contributed by atoms with Gasteiger partial charge < -0.3 is 10.6 Å². The van der Waals surface area contributed by atoms with Gasteiger partial charge in [-0.2, -0.15) is 0 Å². The molecule has 2 rings (SSSR count). The van der Waals surface area contributed by atoms with E-state index in [1.807, 2.05) is 11.9 Å². The largest absolute Gasteiger partial charge is 0.341 e. The van der Waals surface area contributed by atoms with E-state index in [2.05, 4.69) is 32.9 Å². The van der Waals surface area contributed by atoms with Gasteiger partial charge in [-0.1, -0.05) is 17.7 Å². The Morgan fingerprint density at radius 1 is 1.26 bits per heavy atom. The molecule has 1 aliphatic carbocycles. The molecule has 1 saturated carbocycles. The van der Waals surface area contributed by atoms with Crippen LogP contribution in [0.4, 0.5) is 0 Å². The molecule has 1 aromatic rings. The van der Waals surface area contributed by atoms with Crippen molar-refractivity contribution in [1.82, 2.24) is 4.90 Å². The standard InChI is InChI=1S/C16H24N2O/c1-11-7-12(2)14(13(3)8-11)9-18(4)15(19)16(10-17)5-6-16/h7-8H,5-6,9-10,17H2,1-4H3. The molecule has 0 saturated heterocycles. The molecule has 19 heavy (non-hydrogen) atoms. The molecule has 3 nitrogen and oxygen atoms in total. The minimum atomic E-state index is -0.249. The SMILES string of the molecule is Cc1cc(C)c(CN(C)C(=O)C2(CN)CC2)c(C)c1. The molecule has 0 aliphatic heterocycles. The van der Waals surface area contributed by atoms with E-state index in [4.69, 9.17) is 5.73 Å². The van der Waals surface area contributed by atoms with Gasteiger partial charge in [-0.05, 0) is 50.3 Å². The summed E-state index contributed by atoms with van der Waals surface area (Å²) < 4.78 is 0. The van der Waals surface area contributed by atoms with Crippen molar-refractivity contribution in [3.63, 3.8) is 0 Å². The van der Waals surface area contributed by atoms with E-state index in [1.54, 1.807) is 0 Å². The fourth-order valence-electron chi connectivity index (χ4n) is 2.83. The summed E-state index contributed by atoms with van der Waals surface area (Å²) in [5, 5.41) is 0. The van der Waals surface area contributed by atoms with Crippen LogP contribution >= 0.6 is 0 Å². The molecule has 1 aliphatic rings. The average molecular weight is 260 g/mol. The summed E-state index contributed by atoms with van der Waals surface area (Å²) in [6.45, 7) is 7.49. The summed E-state index contributed by atoms with van der Waals surface area (Å²) in [5.74, 6) is 0.203. The Morgan fingerprint density at radius 2 is 1.79 bits per heavy atom. The van der Waals surface area contributed by atoms with Gasteiger partial charge in [-0.3, -0.25) is 4.79 Å². The molecule has 0 bridgehead atoms. The molecule has 0 atom stereocenters. The second-order valence-corrected chi connectivity index (χ2v) is 6.02. The molecule has 2 N–H and O–H groups in total. The molecule has 0 radical (unpaired) electrons. The highest BCUT2D eigenvalue weighted by molar-refractivity contribution is 5.85. The first-order chi connectivity index (χ1) is 8.89. The minimum Gasteiger partial charge on any atom is -0.341 e. The smallest absolute Gasteiger partial charge is 0.230 e. The fourth-order valence-corrected chi connectivity index (χ4v) is 2.83. The molecular formula is C16H24N2O. The van der Waals surface area contributed by atoms with Crippen molar-refractivity contribution in [3.05, 3.63) is 34.4 Å². The number of nitrogens with two attached hydrogens (primary N) is 1. The van der Waals surface area contributed by atoms with Crippen LogP contribution in [0.3, 0.4) is 0 Å². The second kappa shape index (κ2) is 4.97. The van der Waals surface area contributed by atoms with Gasteiger partial charge in [-0.25, -0.2) is 0 Å². The number of carbonyl (C=O) groups excluding carboxylic acids is 1. The minimum absolute atomic E-state index is 0.203. The van der Waals surface area contributed by atoms with Gasteiger partial charge in [0.15, 0.2) is 0 Å². The van der Waals surface area contributed by atoms with E-state index in [1.165, 1.54) is 22.3 Å². The highest BCUT2D eigenvalue weighted by Gasteiger charge is 2.49. The monoisotopic (exact) mass is 260 g/mol. The fraction of sp³-hybridized carbons (Fsp3) is 0.562. The number of hydrogen-bond acceptors (Lipinski definition) is 2. The van der Waals surface area contributed by atoms with Gasteiger partial charge in [-0.15, -0.1) is 0 Å². The normalized spacial score (nSPS) is 16.3. The number of rotatable bonds is 4. The first-order valence-electron chi connectivity index (χ1n) is 6.92. The number of hydrogen-bond donors (Lipinski definition) is 1. The second-order valence-electron chi connectivity index (χ2n) is 6.02. The predicted molar refractivity (Wildman–Crippen MR) is 77.8 cm³/mol. The van der Waals surface area contributed by atoms with E-state index < -0.39 is 0 Å². The van der Waals surface area contributed by atoms with E-state index in [0.717, 1.165) is 12.8 Å². The zero-order valence-electron chi connectivity index (χ0n) is 12.4. The maximum absolute atomic E-state index is 12.4. The van der Waals surface area contributed by atoms with Crippen molar-refractivity contribution in [3.8, 4) is 0 Å². The summed E-state index contributed by atoms with van der Waals surface area (Å²) in [7, 11) is 1.89. The highest BCUT2D eigenvalue weighted by atomic mass is 16.2. The first-order valence-corrected chi connectivity index (χ1v) is 6.92. The lowest BCUT2D eigenvalue weighted by molar-refractivity contribution is -0.135. The van der Waals surface area contributed by atoms with Gasteiger partial charge >= 0.3 is 0 Å². The quantitative estimate of drug-likeness (QED) is 0.903. The molecule has 3 heteroatoms. The third-order valence-electron chi connectivity index (χ3n) is 4.28. The van der Waals surface area contributed by atoms with Crippen LogP contribution in [0, 0.1) is 26.2 Å². The lowest BCUT2D eigenvalue weighted by Gasteiger charge is -2.24. The number of benzene rings is 1. The summed E-state index contributed by atoms with van der Waals surface area (Å²) in [4.78, 5) is 14.2.